The van der Waals surface area contributed by atoms with Crippen molar-refractivity contribution in [1.29, 1.82) is 0 Å². The van der Waals surface area contributed by atoms with Crippen molar-refractivity contribution < 1.29 is 9.47 Å². The molecule has 4 heteroatoms. The summed E-state index contributed by atoms with van der Waals surface area (Å²) < 4.78 is 12.8. The van der Waals surface area contributed by atoms with Crippen LogP contribution in [0.5, 0.6) is 0 Å². The third-order valence-corrected chi connectivity index (χ3v) is 4.70. The van der Waals surface area contributed by atoms with Gasteiger partial charge in [0, 0.05) is 9.35 Å². The Labute approximate surface area is 109 Å². The van der Waals surface area contributed by atoms with Gasteiger partial charge in [0.15, 0.2) is 0 Å². The van der Waals surface area contributed by atoms with Gasteiger partial charge in [-0.3, -0.25) is 0 Å². The minimum atomic E-state index is 0.320. The van der Waals surface area contributed by atoms with Crippen LogP contribution in [0.4, 0.5) is 0 Å². The molecule has 1 aromatic heterocycles. The van der Waals surface area contributed by atoms with Crippen LogP contribution < -0.4 is 0 Å². The van der Waals surface area contributed by atoms with E-state index in [2.05, 4.69) is 41.2 Å². The molecule has 2 unspecified atom stereocenters. The zero-order chi connectivity index (χ0) is 11.5. The summed E-state index contributed by atoms with van der Waals surface area (Å²) >= 11 is 5.26. The maximum absolute atomic E-state index is 5.95. The summed E-state index contributed by atoms with van der Waals surface area (Å²) in [5, 5.41) is 2.08. The van der Waals surface area contributed by atoms with Crippen molar-refractivity contribution in [3.63, 3.8) is 0 Å². The van der Waals surface area contributed by atoms with E-state index in [4.69, 9.17) is 9.47 Å². The zero-order valence-electron chi connectivity index (χ0n) is 9.61. The first-order valence-corrected chi connectivity index (χ1v) is 7.31. The standard InChI is InChI=1S/C12H17BrO2S/c1-8-5-10(6-9(2)15-8)14-7-12-11(13)3-4-16-12/h3-4,8-10H,5-7H2,1-2H3. The van der Waals surface area contributed by atoms with Gasteiger partial charge in [0.25, 0.3) is 0 Å². The SMILES string of the molecule is CC1CC(OCc2sccc2Br)CC(C)O1. The second-order valence-electron chi connectivity index (χ2n) is 4.35. The Morgan fingerprint density at radius 1 is 1.44 bits per heavy atom. The Kier molecular flexibility index (Phi) is 4.41. The van der Waals surface area contributed by atoms with E-state index in [0.29, 0.717) is 24.9 Å². The molecule has 2 atom stereocenters. The van der Waals surface area contributed by atoms with Crippen molar-refractivity contribution in [2.45, 2.75) is 51.6 Å². The van der Waals surface area contributed by atoms with Gasteiger partial charge in [-0.2, -0.15) is 0 Å². The molecule has 0 aliphatic carbocycles. The van der Waals surface area contributed by atoms with E-state index < -0.39 is 0 Å². The van der Waals surface area contributed by atoms with E-state index in [1.54, 1.807) is 11.3 Å². The van der Waals surface area contributed by atoms with Crippen LogP contribution in [0.25, 0.3) is 0 Å². The van der Waals surface area contributed by atoms with Crippen molar-refractivity contribution in [1.82, 2.24) is 0 Å². The molecule has 1 saturated heterocycles. The molecule has 2 nitrogen and oxygen atoms in total. The van der Waals surface area contributed by atoms with Crippen molar-refractivity contribution in [3.8, 4) is 0 Å². The van der Waals surface area contributed by atoms with Gasteiger partial charge in [0.2, 0.25) is 0 Å². The third-order valence-electron chi connectivity index (χ3n) is 2.80. The third kappa shape index (κ3) is 3.29. The van der Waals surface area contributed by atoms with E-state index in [9.17, 15) is 0 Å². The highest BCUT2D eigenvalue weighted by Crippen LogP contribution is 2.27. The average molecular weight is 305 g/mol. The average Bonchev–Trinajstić information content (AvgIpc) is 2.59. The van der Waals surface area contributed by atoms with Crippen LogP contribution in [-0.4, -0.2) is 18.3 Å². The smallest absolute Gasteiger partial charge is 0.0824 e. The predicted molar refractivity (Wildman–Crippen MR) is 69.8 cm³/mol. The number of ether oxygens (including phenoxy) is 2. The van der Waals surface area contributed by atoms with Crippen molar-refractivity contribution in [3.05, 3.63) is 20.8 Å². The first kappa shape index (κ1) is 12.6. The lowest BCUT2D eigenvalue weighted by molar-refractivity contribution is -0.105. The summed E-state index contributed by atoms with van der Waals surface area (Å²) in [6.45, 7) is 4.95. The summed E-state index contributed by atoms with van der Waals surface area (Å²) in [7, 11) is 0. The lowest BCUT2D eigenvalue weighted by atomic mass is 10.0. The lowest BCUT2D eigenvalue weighted by Crippen LogP contribution is -2.33. The van der Waals surface area contributed by atoms with Crippen molar-refractivity contribution in [2.24, 2.45) is 0 Å². The van der Waals surface area contributed by atoms with Gasteiger partial charge in [-0.1, -0.05) is 0 Å². The molecule has 0 bridgehead atoms. The molecule has 90 valence electrons. The van der Waals surface area contributed by atoms with Gasteiger partial charge in [-0.15, -0.1) is 11.3 Å². The van der Waals surface area contributed by atoms with E-state index in [0.717, 1.165) is 17.3 Å². The molecule has 0 radical (unpaired) electrons. The molecule has 16 heavy (non-hydrogen) atoms. The van der Waals surface area contributed by atoms with E-state index >= 15 is 0 Å². The fourth-order valence-electron chi connectivity index (χ4n) is 2.10. The van der Waals surface area contributed by atoms with E-state index in [1.807, 2.05) is 0 Å². The second kappa shape index (κ2) is 5.63. The molecule has 1 aliphatic rings. The van der Waals surface area contributed by atoms with Crippen LogP contribution in [0.3, 0.4) is 0 Å². The normalized spacial score (nSPS) is 30.6. The summed E-state index contributed by atoms with van der Waals surface area (Å²) in [6.07, 6.45) is 2.99. The molecule has 0 amide bonds. The Hall–Kier alpha value is 0.1000. The van der Waals surface area contributed by atoms with Gasteiger partial charge < -0.3 is 9.47 Å². The summed E-state index contributed by atoms with van der Waals surface area (Å²) in [5.41, 5.74) is 0. The van der Waals surface area contributed by atoms with Crippen LogP contribution in [-0.2, 0) is 16.1 Å². The quantitative estimate of drug-likeness (QED) is 0.841. The Morgan fingerprint density at radius 2 is 2.12 bits per heavy atom. The van der Waals surface area contributed by atoms with E-state index in [-0.39, 0.29) is 0 Å². The van der Waals surface area contributed by atoms with Gasteiger partial charge in [0.05, 0.1) is 24.9 Å². The van der Waals surface area contributed by atoms with Gasteiger partial charge in [-0.05, 0) is 54.1 Å². The fraction of sp³-hybridized carbons (Fsp3) is 0.667. The fourth-order valence-corrected chi connectivity index (χ4v) is 3.49. The number of hydrogen-bond acceptors (Lipinski definition) is 3. The topological polar surface area (TPSA) is 18.5 Å². The maximum Gasteiger partial charge on any atom is 0.0824 e. The molecular weight excluding hydrogens is 288 g/mol. The highest BCUT2D eigenvalue weighted by molar-refractivity contribution is 9.10. The van der Waals surface area contributed by atoms with Crippen LogP contribution in [0.2, 0.25) is 0 Å². The number of halogens is 1. The van der Waals surface area contributed by atoms with Crippen molar-refractivity contribution >= 4 is 27.3 Å². The van der Waals surface area contributed by atoms with Gasteiger partial charge >= 0.3 is 0 Å². The minimum absolute atomic E-state index is 0.320. The minimum Gasteiger partial charge on any atom is -0.375 e. The van der Waals surface area contributed by atoms with Crippen molar-refractivity contribution in [2.75, 3.05) is 0 Å². The number of hydrogen-bond donors (Lipinski definition) is 0. The molecule has 1 aromatic rings. The second-order valence-corrected chi connectivity index (χ2v) is 6.21. The largest absolute Gasteiger partial charge is 0.375 e. The molecule has 0 saturated carbocycles. The summed E-state index contributed by atoms with van der Waals surface area (Å²) in [5.74, 6) is 0. The van der Waals surface area contributed by atoms with Crippen LogP contribution in [0.1, 0.15) is 31.6 Å². The monoisotopic (exact) mass is 304 g/mol. The summed E-state index contributed by atoms with van der Waals surface area (Å²) in [4.78, 5) is 1.27. The van der Waals surface area contributed by atoms with Crippen LogP contribution in [0, 0.1) is 0 Å². The van der Waals surface area contributed by atoms with Crippen LogP contribution in [0.15, 0.2) is 15.9 Å². The number of thiophene rings is 1. The highest BCUT2D eigenvalue weighted by Gasteiger charge is 2.25. The van der Waals surface area contributed by atoms with Gasteiger partial charge in [-0.25, -0.2) is 0 Å². The predicted octanol–water partition coefficient (Wildman–Crippen LogP) is 3.98. The Balaban J connectivity index is 1.84. The molecule has 2 rings (SSSR count). The summed E-state index contributed by atoms with van der Waals surface area (Å²) in [6, 6.07) is 2.07. The molecule has 1 fully saturated rings. The molecule has 1 aliphatic heterocycles. The van der Waals surface area contributed by atoms with E-state index in [1.165, 1.54) is 4.88 Å². The van der Waals surface area contributed by atoms with Gasteiger partial charge in [0.1, 0.15) is 0 Å². The zero-order valence-corrected chi connectivity index (χ0v) is 12.0. The van der Waals surface area contributed by atoms with Crippen LogP contribution >= 0.6 is 27.3 Å². The molecule has 2 heterocycles. The molecule has 0 N–H and O–H groups in total. The maximum atomic E-state index is 5.95. The molecule has 0 spiro atoms. The molecular formula is C12H17BrO2S. The Morgan fingerprint density at radius 3 is 2.69 bits per heavy atom. The Bertz CT molecular complexity index is 330. The first-order chi connectivity index (χ1) is 7.65. The molecule has 0 aromatic carbocycles. The first-order valence-electron chi connectivity index (χ1n) is 5.64. The highest BCUT2D eigenvalue weighted by atomic mass is 79.9. The lowest BCUT2D eigenvalue weighted by Gasteiger charge is -2.31. The number of rotatable bonds is 3.